The fourth-order valence-electron chi connectivity index (χ4n) is 2.11. The zero-order chi connectivity index (χ0) is 13.2. The van der Waals surface area contributed by atoms with Gasteiger partial charge in [0.25, 0.3) is 0 Å². The second-order valence-corrected chi connectivity index (χ2v) is 4.64. The number of benzene rings is 2. The molecule has 3 rings (SSSR count). The van der Waals surface area contributed by atoms with Crippen molar-refractivity contribution in [2.75, 3.05) is 24.5 Å². The molecule has 2 aromatic rings. The van der Waals surface area contributed by atoms with Crippen LogP contribution in [0.3, 0.4) is 0 Å². The summed E-state index contributed by atoms with van der Waals surface area (Å²) >= 11 is 0. The van der Waals surface area contributed by atoms with Gasteiger partial charge in [-0.2, -0.15) is 0 Å². The molecule has 0 saturated heterocycles. The predicted molar refractivity (Wildman–Crippen MR) is 75.5 cm³/mol. The number of nitrogen functional groups attached to an aromatic ring is 1. The molecule has 4 heteroatoms. The van der Waals surface area contributed by atoms with Gasteiger partial charge in [0, 0.05) is 31.0 Å². The SMILES string of the molecule is CN(Cc1ccc(N)cc1)c1ccc2c(c1)OCO2. The second kappa shape index (κ2) is 4.72. The van der Waals surface area contributed by atoms with Gasteiger partial charge in [-0.25, -0.2) is 0 Å². The minimum Gasteiger partial charge on any atom is -0.454 e. The standard InChI is InChI=1S/C15H16N2O2/c1-17(9-11-2-4-12(16)5-3-11)13-6-7-14-15(8-13)19-10-18-14/h2-8H,9-10,16H2,1H3. The Kier molecular flexibility index (Phi) is 2.91. The molecule has 0 fully saturated rings. The van der Waals surface area contributed by atoms with E-state index < -0.39 is 0 Å². The van der Waals surface area contributed by atoms with E-state index in [-0.39, 0.29) is 0 Å². The largest absolute Gasteiger partial charge is 0.454 e. The lowest BCUT2D eigenvalue weighted by atomic mass is 10.2. The maximum absolute atomic E-state index is 5.69. The van der Waals surface area contributed by atoms with Gasteiger partial charge in [0.1, 0.15) is 0 Å². The van der Waals surface area contributed by atoms with E-state index in [4.69, 9.17) is 15.2 Å². The molecule has 4 nitrogen and oxygen atoms in total. The molecule has 0 amide bonds. The molecule has 0 spiro atoms. The second-order valence-electron chi connectivity index (χ2n) is 4.64. The van der Waals surface area contributed by atoms with Crippen LogP contribution in [0.25, 0.3) is 0 Å². The highest BCUT2D eigenvalue weighted by Crippen LogP contribution is 2.35. The van der Waals surface area contributed by atoms with Crippen molar-refractivity contribution < 1.29 is 9.47 Å². The molecule has 98 valence electrons. The quantitative estimate of drug-likeness (QED) is 0.858. The smallest absolute Gasteiger partial charge is 0.231 e. The zero-order valence-electron chi connectivity index (χ0n) is 10.8. The molecule has 0 unspecified atom stereocenters. The van der Waals surface area contributed by atoms with Crippen LogP contribution in [0.1, 0.15) is 5.56 Å². The minimum atomic E-state index is 0.306. The number of nitrogens with two attached hydrogens (primary N) is 1. The van der Waals surface area contributed by atoms with Crippen LogP contribution in [-0.2, 0) is 6.54 Å². The Morgan fingerprint density at radius 1 is 1.05 bits per heavy atom. The molecule has 0 atom stereocenters. The summed E-state index contributed by atoms with van der Waals surface area (Å²) in [7, 11) is 2.05. The van der Waals surface area contributed by atoms with E-state index >= 15 is 0 Å². The third-order valence-corrected chi connectivity index (χ3v) is 3.20. The fraction of sp³-hybridized carbons (Fsp3) is 0.200. The van der Waals surface area contributed by atoms with Crippen molar-refractivity contribution in [3.05, 3.63) is 48.0 Å². The summed E-state index contributed by atoms with van der Waals surface area (Å²) in [6, 6.07) is 13.9. The first-order valence-electron chi connectivity index (χ1n) is 6.17. The van der Waals surface area contributed by atoms with Crippen LogP contribution < -0.4 is 20.1 Å². The Balaban J connectivity index is 1.76. The molecule has 19 heavy (non-hydrogen) atoms. The lowest BCUT2D eigenvalue weighted by Gasteiger charge is -2.19. The maximum atomic E-state index is 5.69. The molecule has 2 aromatic carbocycles. The van der Waals surface area contributed by atoms with Crippen LogP contribution in [0.15, 0.2) is 42.5 Å². The molecule has 1 heterocycles. The molecule has 1 aliphatic heterocycles. The summed E-state index contributed by atoms with van der Waals surface area (Å²) in [5, 5.41) is 0. The number of nitrogens with zero attached hydrogens (tertiary/aromatic N) is 1. The monoisotopic (exact) mass is 256 g/mol. The number of ether oxygens (including phenoxy) is 2. The van der Waals surface area contributed by atoms with Gasteiger partial charge >= 0.3 is 0 Å². The summed E-state index contributed by atoms with van der Waals surface area (Å²) in [5.41, 5.74) is 8.79. The van der Waals surface area contributed by atoms with Crippen LogP contribution in [0, 0.1) is 0 Å². The van der Waals surface area contributed by atoms with E-state index in [1.807, 2.05) is 49.5 Å². The van der Waals surface area contributed by atoms with Crippen molar-refractivity contribution in [2.45, 2.75) is 6.54 Å². The Bertz CT molecular complexity index is 581. The summed E-state index contributed by atoms with van der Waals surface area (Å²) < 4.78 is 10.7. The van der Waals surface area contributed by atoms with Gasteiger partial charge < -0.3 is 20.1 Å². The normalized spacial score (nSPS) is 12.5. The van der Waals surface area contributed by atoms with Gasteiger partial charge in [-0.05, 0) is 29.8 Å². The lowest BCUT2D eigenvalue weighted by Crippen LogP contribution is -2.16. The summed E-state index contributed by atoms with van der Waals surface area (Å²) in [4.78, 5) is 2.16. The van der Waals surface area contributed by atoms with Crippen molar-refractivity contribution in [2.24, 2.45) is 0 Å². The number of fused-ring (bicyclic) bond motifs is 1. The summed E-state index contributed by atoms with van der Waals surface area (Å²) in [6.45, 7) is 1.13. The molecule has 0 radical (unpaired) electrons. The lowest BCUT2D eigenvalue weighted by molar-refractivity contribution is 0.174. The molecule has 2 N–H and O–H groups in total. The van der Waals surface area contributed by atoms with Crippen molar-refractivity contribution in [3.8, 4) is 11.5 Å². The minimum absolute atomic E-state index is 0.306. The average Bonchev–Trinajstić information content (AvgIpc) is 2.88. The van der Waals surface area contributed by atoms with Gasteiger partial charge in [0.05, 0.1) is 0 Å². The first-order valence-corrected chi connectivity index (χ1v) is 6.17. The highest BCUT2D eigenvalue weighted by atomic mass is 16.7. The molecule has 1 aliphatic rings. The molecular weight excluding hydrogens is 240 g/mol. The zero-order valence-corrected chi connectivity index (χ0v) is 10.8. The highest BCUT2D eigenvalue weighted by molar-refractivity contribution is 5.57. The van der Waals surface area contributed by atoms with Gasteiger partial charge in [0.15, 0.2) is 11.5 Å². The first-order chi connectivity index (χ1) is 9.22. The number of hydrogen-bond acceptors (Lipinski definition) is 4. The van der Waals surface area contributed by atoms with Crippen LogP contribution in [0.2, 0.25) is 0 Å². The van der Waals surface area contributed by atoms with Crippen molar-refractivity contribution in [1.29, 1.82) is 0 Å². The Labute approximate surface area is 112 Å². The number of anilines is 2. The van der Waals surface area contributed by atoms with E-state index in [0.29, 0.717) is 6.79 Å². The van der Waals surface area contributed by atoms with E-state index in [9.17, 15) is 0 Å². The first kappa shape index (κ1) is 11.7. The molecular formula is C15H16N2O2. The molecule has 0 aliphatic carbocycles. The van der Waals surface area contributed by atoms with E-state index in [1.54, 1.807) is 0 Å². The van der Waals surface area contributed by atoms with Crippen LogP contribution in [0.5, 0.6) is 11.5 Å². The summed E-state index contributed by atoms with van der Waals surface area (Å²) in [6.07, 6.45) is 0. The molecule has 0 bridgehead atoms. The van der Waals surface area contributed by atoms with Crippen molar-refractivity contribution in [3.63, 3.8) is 0 Å². The highest BCUT2D eigenvalue weighted by Gasteiger charge is 2.14. The predicted octanol–water partition coefficient (Wildman–Crippen LogP) is 2.63. The fourth-order valence-corrected chi connectivity index (χ4v) is 2.11. The maximum Gasteiger partial charge on any atom is 0.231 e. The third-order valence-electron chi connectivity index (χ3n) is 3.20. The average molecular weight is 256 g/mol. The molecule has 0 saturated carbocycles. The summed E-state index contributed by atoms with van der Waals surface area (Å²) in [5.74, 6) is 1.62. The van der Waals surface area contributed by atoms with E-state index in [1.165, 1.54) is 5.56 Å². The van der Waals surface area contributed by atoms with Gasteiger partial charge in [-0.15, -0.1) is 0 Å². The van der Waals surface area contributed by atoms with Crippen molar-refractivity contribution in [1.82, 2.24) is 0 Å². The van der Waals surface area contributed by atoms with Gasteiger partial charge in [-0.3, -0.25) is 0 Å². The number of rotatable bonds is 3. The van der Waals surface area contributed by atoms with Crippen LogP contribution >= 0.6 is 0 Å². The molecule has 0 aromatic heterocycles. The van der Waals surface area contributed by atoms with Gasteiger partial charge in [0.2, 0.25) is 6.79 Å². The number of hydrogen-bond donors (Lipinski definition) is 1. The Morgan fingerprint density at radius 2 is 1.79 bits per heavy atom. The van der Waals surface area contributed by atoms with Gasteiger partial charge in [-0.1, -0.05) is 12.1 Å². The third kappa shape index (κ3) is 2.42. The van der Waals surface area contributed by atoms with Crippen molar-refractivity contribution >= 4 is 11.4 Å². The Hall–Kier alpha value is -2.36. The van der Waals surface area contributed by atoms with Crippen LogP contribution in [-0.4, -0.2) is 13.8 Å². The van der Waals surface area contributed by atoms with Crippen LogP contribution in [0.4, 0.5) is 11.4 Å². The van der Waals surface area contributed by atoms with E-state index in [2.05, 4.69) is 4.90 Å². The topological polar surface area (TPSA) is 47.7 Å². The Morgan fingerprint density at radius 3 is 2.58 bits per heavy atom. The van der Waals surface area contributed by atoms with E-state index in [0.717, 1.165) is 29.4 Å².